The van der Waals surface area contributed by atoms with Crippen molar-refractivity contribution < 1.29 is 14.2 Å². The third-order valence-corrected chi connectivity index (χ3v) is 4.64. The van der Waals surface area contributed by atoms with Gasteiger partial charge in [0, 0.05) is 39.9 Å². The lowest BCUT2D eigenvalue weighted by atomic mass is 10.1. The average Bonchev–Trinajstić information content (AvgIpc) is 2.70. The van der Waals surface area contributed by atoms with Gasteiger partial charge in [0.1, 0.15) is 0 Å². The smallest absolute Gasteiger partial charge is 0.193 e. The van der Waals surface area contributed by atoms with E-state index >= 15 is 0 Å². The van der Waals surface area contributed by atoms with Crippen molar-refractivity contribution in [1.29, 1.82) is 0 Å². The Morgan fingerprint density at radius 3 is 2.50 bits per heavy atom. The summed E-state index contributed by atoms with van der Waals surface area (Å²) in [5, 5.41) is 3.49. The number of rotatable bonds is 10. The van der Waals surface area contributed by atoms with Gasteiger partial charge in [0.05, 0.1) is 25.9 Å². The Labute approximate surface area is 187 Å². The molecule has 0 saturated carbocycles. The SMILES string of the molecule is CCOCCOCc1cccc(CNC(=NC)N2CCC(OCC)CC2)c1.I. The highest BCUT2D eigenvalue weighted by Gasteiger charge is 2.21. The van der Waals surface area contributed by atoms with Gasteiger partial charge in [-0.1, -0.05) is 24.3 Å². The molecule has 0 amide bonds. The summed E-state index contributed by atoms with van der Waals surface area (Å²) in [5.41, 5.74) is 2.41. The molecule has 6 nitrogen and oxygen atoms in total. The van der Waals surface area contributed by atoms with Crippen LogP contribution < -0.4 is 5.32 Å². The molecule has 1 N–H and O–H groups in total. The number of guanidine groups is 1. The Morgan fingerprint density at radius 2 is 1.82 bits per heavy atom. The summed E-state index contributed by atoms with van der Waals surface area (Å²) in [5.74, 6) is 0.961. The highest BCUT2D eigenvalue weighted by molar-refractivity contribution is 14.0. The van der Waals surface area contributed by atoms with E-state index in [9.17, 15) is 0 Å². The van der Waals surface area contributed by atoms with E-state index in [2.05, 4.69) is 46.4 Å². The summed E-state index contributed by atoms with van der Waals surface area (Å²) < 4.78 is 16.7. The summed E-state index contributed by atoms with van der Waals surface area (Å²) in [7, 11) is 1.85. The van der Waals surface area contributed by atoms with Crippen LogP contribution >= 0.6 is 24.0 Å². The number of hydrogen-bond acceptors (Lipinski definition) is 4. The standard InChI is InChI=1S/C21H35N3O3.HI/c1-4-25-13-14-26-17-19-8-6-7-18(15-19)16-23-21(22-3)24-11-9-20(10-12-24)27-5-2;/h6-8,15,20H,4-5,9-14,16-17H2,1-3H3,(H,22,23);1H. The maximum absolute atomic E-state index is 5.73. The Hall–Kier alpha value is -0.900. The van der Waals surface area contributed by atoms with Crippen molar-refractivity contribution in [2.24, 2.45) is 4.99 Å². The van der Waals surface area contributed by atoms with E-state index in [1.54, 1.807) is 0 Å². The van der Waals surface area contributed by atoms with Gasteiger partial charge in [-0.05, 0) is 37.8 Å². The minimum atomic E-state index is 0. The second kappa shape index (κ2) is 15.0. The fraction of sp³-hybridized carbons (Fsp3) is 0.667. The average molecular weight is 505 g/mol. The summed E-state index contributed by atoms with van der Waals surface area (Å²) in [6, 6.07) is 8.49. The first-order chi connectivity index (χ1) is 13.3. The van der Waals surface area contributed by atoms with Crippen LogP contribution in [-0.4, -0.2) is 63.5 Å². The third-order valence-electron chi connectivity index (χ3n) is 4.64. The van der Waals surface area contributed by atoms with Crippen molar-refractivity contribution in [3.05, 3.63) is 35.4 Å². The van der Waals surface area contributed by atoms with Crippen LogP contribution in [0, 0.1) is 0 Å². The molecule has 0 spiro atoms. The molecule has 0 radical (unpaired) electrons. The predicted molar refractivity (Wildman–Crippen MR) is 124 cm³/mol. The van der Waals surface area contributed by atoms with Gasteiger partial charge in [-0.15, -0.1) is 24.0 Å². The molecule has 1 aliphatic rings. The monoisotopic (exact) mass is 505 g/mol. The van der Waals surface area contributed by atoms with Gasteiger partial charge in [-0.3, -0.25) is 4.99 Å². The van der Waals surface area contributed by atoms with E-state index in [0.717, 1.165) is 51.6 Å². The number of piperidine rings is 1. The van der Waals surface area contributed by atoms with Crippen molar-refractivity contribution in [1.82, 2.24) is 10.2 Å². The molecule has 1 aromatic carbocycles. The molecular formula is C21H36IN3O3. The zero-order valence-electron chi connectivity index (χ0n) is 17.5. The van der Waals surface area contributed by atoms with E-state index in [4.69, 9.17) is 14.2 Å². The highest BCUT2D eigenvalue weighted by Crippen LogP contribution is 2.14. The molecule has 0 bridgehead atoms. The number of aliphatic imine (C=N–C) groups is 1. The number of nitrogens with zero attached hydrogens (tertiary/aromatic N) is 2. The quantitative estimate of drug-likeness (QED) is 0.229. The molecule has 1 fully saturated rings. The van der Waals surface area contributed by atoms with Crippen LogP contribution in [0.15, 0.2) is 29.3 Å². The molecule has 2 rings (SSSR count). The van der Waals surface area contributed by atoms with Gasteiger partial charge in [0.25, 0.3) is 0 Å². The van der Waals surface area contributed by atoms with Gasteiger partial charge in [-0.25, -0.2) is 0 Å². The minimum absolute atomic E-state index is 0. The number of nitrogens with one attached hydrogen (secondary N) is 1. The first-order valence-corrected chi connectivity index (χ1v) is 10.1. The molecular weight excluding hydrogens is 469 g/mol. The van der Waals surface area contributed by atoms with Crippen molar-refractivity contribution in [2.75, 3.05) is 46.6 Å². The van der Waals surface area contributed by atoms with Crippen LogP contribution in [0.4, 0.5) is 0 Å². The van der Waals surface area contributed by atoms with E-state index < -0.39 is 0 Å². The maximum Gasteiger partial charge on any atom is 0.193 e. The highest BCUT2D eigenvalue weighted by atomic mass is 127. The zero-order valence-corrected chi connectivity index (χ0v) is 19.8. The summed E-state index contributed by atoms with van der Waals surface area (Å²) in [6.45, 7) is 10.2. The summed E-state index contributed by atoms with van der Waals surface area (Å²) in [4.78, 5) is 6.77. The lowest BCUT2D eigenvalue weighted by molar-refractivity contribution is 0.0263. The second-order valence-corrected chi connectivity index (χ2v) is 6.61. The molecule has 1 saturated heterocycles. The molecule has 7 heteroatoms. The molecule has 1 heterocycles. The van der Waals surface area contributed by atoms with Crippen molar-refractivity contribution >= 4 is 29.9 Å². The van der Waals surface area contributed by atoms with Crippen molar-refractivity contribution in [3.8, 4) is 0 Å². The van der Waals surface area contributed by atoms with Crippen LogP contribution in [0.2, 0.25) is 0 Å². The van der Waals surface area contributed by atoms with E-state index in [1.807, 2.05) is 14.0 Å². The fourth-order valence-electron chi connectivity index (χ4n) is 3.26. The summed E-state index contributed by atoms with van der Waals surface area (Å²) in [6.07, 6.45) is 2.51. The first kappa shape index (κ1) is 25.1. The number of benzene rings is 1. The molecule has 1 aliphatic heterocycles. The number of ether oxygens (including phenoxy) is 3. The molecule has 28 heavy (non-hydrogen) atoms. The number of halogens is 1. The van der Waals surface area contributed by atoms with E-state index in [1.165, 1.54) is 11.1 Å². The molecule has 0 atom stereocenters. The topological polar surface area (TPSA) is 55.3 Å². The summed E-state index contributed by atoms with van der Waals surface area (Å²) >= 11 is 0. The Kier molecular flexibility index (Phi) is 13.5. The first-order valence-electron chi connectivity index (χ1n) is 10.1. The largest absolute Gasteiger partial charge is 0.379 e. The van der Waals surface area contributed by atoms with Gasteiger partial charge in [-0.2, -0.15) is 0 Å². The van der Waals surface area contributed by atoms with E-state index in [0.29, 0.717) is 25.9 Å². The van der Waals surface area contributed by atoms with Crippen LogP contribution in [0.25, 0.3) is 0 Å². The van der Waals surface area contributed by atoms with Gasteiger partial charge < -0.3 is 24.4 Å². The fourth-order valence-corrected chi connectivity index (χ4v) is 3.26. The van der Waals surface area contributed by atoms with Crippen molar-refractivity contribution in [3.63, 3.8) is 0 Å². The Bertz CT molecular complexity index is 564. The normalized spacial score (nSPS) is 15.4. The van der Waals surface area contributed by atoms with Gasteiger partial charge >= 0.3 is 0 Å². The molecule has 0 unspecified atom stereocenters. The Morgan fingerprint density at radius 1 is 1.11 bits per heavy atom. The molecule has 1 aromatic rings. The van der Waals surface area contributed by atoms with Crippen LogP contribution in [0.5, 0.6) is 0 Å². The van der Waals surface area contributed by atoms with E-state index in [-0.39, 0.29) is 24.0 Å². The van der Waals surface area contributed by atoms with Crippen LogP contribution in [0.1, 0.15) is 37.8 Å². The van der Waals surface area contributed by atoms with Crippen LogP contribution in [-0.2, 0) is 27.4 Å². The minimum Gasteiger partial charge on any atom is -0.379 e. The number of hydrogen-bond donors (Lipinski definition) is 1. The lowest BCUT2D eigenvalue weighted by Crippen LogP contribution is -2.46. The maximum atomic E-state index is 5.73. The third kappa shape index (κ3) is 9.07. The zero-order chi connectivity index (χ0) is 19.3. The number of likely N-dealkylation sites (tertiary alicyclic amines) is 1. The Balaban J connectivity index is 0.00000392. The van der Waals surface area contributed by atoms with Gasteiger partial charge in [0.2, 0.25) is 0 Å². The van der Waals surface area contributed by atoms with Gasteiger partial charge in [0.15, 0.2) is 5.96 Å². The predicted octanol–water partition coefficient (Wildman–Crippen LogP) is 3.43. The second-order valence-electron chi connectivity index (χ2n) is 6.61. The molecule has 0 aromatic heterocycles. The lowest BCUT2D eigenvalue weighted by Gasteiger charge is -2.34. The molecule has 160 valence electrons. The van der Waals surface area contributed by atoms with Crippen LogP contribution in [0.3, 0.4) is 0 Å². The van der Waals surface area contributed by atoms with Crippen molar-refractivity contribution in [2.45, 2.75) is 45.9 Å². The molecule has 0 aliphatic carbocycles.